The summed E-state index contributed by atoms with van der Waals surface area (Å²) in [6, 6.07) is 9.61. The van der Waals surface area contributed by atoms with Crippen LogP contribution in [0.3, 0.4) is 0 Å². The van der Waals surface area contributed by atoms with E-state index in [2.05, 4.69) is 4.72 Å². The molecule has 1 aliphatic rings. The van der Waals surface area contributed by atoms with Gasteiger partial charge in [0.2, 0.25) is 20.0 Å². The molecular weight excluding hydrogens is 414 g/mol. The van der Waals surface area contributed by atoms with E-state index < -0.39 is 20.0 Å². The number of carbonyl (C=O) groups excluding carboxylic acids is 1. The lowest BCUT2D eigenvalue weighted by atomic mass is 10.1. The number of hydrogen-bond donors (Lipinski definition) is 1. The number of nitrogens with zero attached hydrogens (tertiary/aromatic N) is 2. The predicted molar refractivity (Wildman–Crippen MR) is 112 cm³/mol. The maximum absolute atomic E-state index is 13.2. The van der Waals surface area contributed by atoms with Gasteiger partial charge in [-0.15, -0.1) is 0 Å². The number of sulfonamides is 2. The number of amides is 1. The summed E-state index contributed by atoms with van der Waals surface area (Å²) in [6.07, 6.45) is 1.59. The highest BCUT2D eigenvalue weighted by Crippen LogP contribution is 2.33. The van der Waals surface area contributed by atoms with Gasteiger partial charge in [-0.05, 0) is 54.8 Å². The molecule has 29 heavy (non-hydrogen) atoms. The van der Waals surface area contributed by atoms with Gasteiger partial charge in [-0.1, -0.05) is 6.07 Å². The Balaban J connectivity index is 1.96. The molecule has 1 N–H and O–H groups in total. The maximum Gasteiger partial charge on any atom is 0.258 e. The third-order valence-corrected chi connectivity index (χ3v) is 7.23. The number of nitrogens with one attached hydrogen (secondary N) is 1. The third-order valence-electron chi connectivity index (χ3n) is 4.83. The first-order valence-electron chi connectivity index (χ1n) is 8.86. The molecule has 0 saturated carbocycles. The molecule has 0 aliphatic carbocycles. The van der Waals surface area contributed by atoms with E-state index in [-0.39, 0.29) is 10.8 Å². The molecule has 0 saturated heterocycles. The number of benzene rings is 2. The zero-order chi connectivity index (χ0) is 21.6. The molecule has 10 heteroatoms. The Morgan fingerprint density at radius 2 is 1.79 bits per heavy atom. The van der Waals surface area contributed by atoms with Crippen LogP contribution in [0.4, 0.5) is 11.4 Å². The van der Waals surface area contributed by atoms with Gasteiger partial charge in [0.15, 0.2) is 0 Å². The van der Waals surface area contributed by atoms with Crippen molar-refractivity contribution in [1.82, 2.24) is 4.31 Å². The van der Waals surface area contributed by atoms with Crippen molar-refractivity contribution in [2.24, 2.45) is 0 Å². The fourth-order valence-corrected chi connectivity index (χ4v) is 4.86. The van der Waals surface area contributed by atoms with Gasteiger partial charge in [0.25, 0.3) is 5.91 Å². The molecule has 3 rings (SSSR count). The van der Waals surface area contributed by atoms with Crippen LogP contribution in [0, 0.1) is 6.92 Å². The van der Waals surface area contributed by atoms with E-state index >= 15 is 0 Å². The summed E-state index contributed by atoms with van der Waals surface area (Å²) >= 11 is 0. The molecule has 0 spiro atoms. The van der Waals surface area contributed by atoms with Crippen molar-refractivity contribution in [2.45, 2.75) is 18.2 Å². The van der Waals surface area contributed by atoms with E-state index in [9.17, 15) is 21.6 Å². The normalized spacial score (nSPS) is 14.2. The SMILES string of the molecule is Cc1c(NS(C)(=O)=O)cccc1C(=O)N1CCc2cc(S(=O)(=O)N(C)C)ccc21. The topological polar surface area (TPSA) is 104 Å². The monoisotopic (exact) mass is 437 g/mol. The van der Waals surface area contributed by atoms with Crippen LogP contribution in [-0.4, -0.2) is 53.9 Å². The van der Waals surface area contributed by atoms with E-state index in [4.69, 9.17) is 0 Å². The van der Waals surface area contributed by atoms with Gasteiger partial charge in [0.1, 0.15) is 0 Å². The molecule has 1 heterocycles. The summed E-state index contributed by atoms with van der Waals surface area (Å²) in [5, 5.41) is 0. The molecule has 0 unspecified atom stereocenters. The van der Waals surface area contributed by atoms with Crippen LogP contribution in [-0.2, 0) is 26.5 Å². The Morgan fingerprint density at radius 3 is 2.41 bits per heavy atom. The standard InChI is InChI=1S/C19H23N3O5S2/c1-13-16(6-5-7-17(13)20-28(4,24)25)19(23)22-11-10-14-12-15(8-9-18(14)22)29(26,27)21(2)3/h5-9,12,20H,10-11H2,1-4H3. The van der Waals surface area contributed by atoms with Crippen molar-refractivity contribution in [2.75, 3.05) is 36.5 Å². The molecule has 0 bridgehead atoms. The van der Waals surface area contributed by atoms with Gasteiger partial charge >= 0.3 is 0 Å². The lowest BCUT2D eigenvalue weighted by Gasteiger charge is -2.20. The Bertz CT molecular complexity index is 1190. The van der Waals surface area contributed by atoms with Crippen LogP contribution in [0.25, 0.3) is 0 Å². The minimum Gasteiger partial charge on any atom is -0.308 e. The van der Waals surface area contributed by atoms with Crippen molar-refractivity contribution >= 4 is 37.3 Å². The molecular formula is C19H23N3O5S2. The number of hydrogen-bond acceptors (Lipinski definition) is 5. The molecule has 8 nitrogen and oxygen atoms in total. The van der Waals surface area contributed by atoms with Crippen LogP contribution >= 0.6 is 0 Å². The first-order valence-corrected chi connectivity index (χ1v) is 12.2. The predicted octanol–water partition coefficient (Wildman–Crippen LogP) is 1.82. The highest BCUT2D eigenvalue weighted by atomic mass is 32.2. The Morgan fingerprint density at radius 1 is 1.10 bits per heavy atom. The van der Waals surface area contributed by atoms with E-state index in [1.165, 1.54) is 20.2 Å². The van der Waals surface area contributed by atoms with Gasteiger partial charge in [0.05, 0.1) is 16.8 Å². The summed E-state index contributed by atoms with van der Waals surface area (Å²) in [5.74, 6) is -0.262. The highest BCUT2D eigenvalue weighted by molar-refractivity contribution is 7.92. The Kier molecular flexibility index (Phi) is 5.46. The minimum atomic E-state index is -3.55. The van der Waals surface area contributed by atoms with Crippen LogP contribution in [0.1, 0.15) is 21.5 Å². The number of rotatable bonds is 5. The second kappa shape index (κ2) is 7.43. The van der Waals surface area contributed by atoms with Gasteiger partial charge in [-0.3, -0.25) is 9.52 Å². The van der Waals surface area contributed by atoms with Gasteiger partial charge in [-0.2, -0.15) is 0 Å². The van der Waals surface area contributed by atoms with Crippen LogP contribution < -0.4 is 9.62 Å². The van der Waals surface area contributed by atoms with Crippen molar-refractivity contribution in [3.8, 4) is 0 Å². The zero-order valence-corrected chi connectivity index (χ0v) is 18.3. The van der Waals surface area contributed by atoms with Crippen LogP contribution in [0.15, 0.2) is 41.3 Å². The number of carbonyl (C=O) groups is 1. The van der Waals surface area contributed by atoms with Gasteiger partial charge in [-0.25, -0.2) is 21.1 Å². The fourth-order valence-electron chi connectivity index (χ4n) is 3.28. The van der Waals surface area contributed by atoms with E-state index in [1.54, 1.807) is 42.2 Å². The maximum atomic E-state index is 13.2. The average Bonchev–Trinajstić information content (AvgIpc) is 3.05. The molecule has 156 valence electrons. The molecule has 0 aromatic heterocycles. The van der Waals surface area contributed by atoms with Gasteiger partial charge < -0.3 is 4.90 Å². The highest BCUT2D eigenvalue weighted by Gasteiger charge is 2.29. The largest absolute Gasteiger partial charge is 0.308 e. The Labute approximate surface area is 171 Å². The number of anilines is 2. The van der Waals surface area contributed by atoms with Crippen molar-refractivity contribution in [3.63, 3.8) is 0 Å². The second-order valence-electron chi connectivity index (χ2n) is 7.14. The Hall–Kier alpha value is -2.43. The van der Waals surface area contributed by atoms with E-state index in [0.717, 1.165) is 16.1 Å². The molecule has 0 atom stereocenters. The van der Waals surface area contributed by atoms with Crippen molar-refractivity contribution < 1.29 is 21.6 Å². The molecule has 0 fully saturated rings. The zero-order valence-electron chi connectivity index (χ0n) is 16.6. The fraction of sp³-hybridized carbons (Fsp3) is 0.316. The van der Waals surface area contributed by atoms with E-state index in [0.29, 0.717) is 35.5 Å². The van der Waals surface area contributed by atoms with E-state index in [1.807, 2.05) is 0 Å². The molecule has 1 amide bonds. The molecule has 1 aliphatic heterocycles. The van der Waals surface area contributed by atoms with Crippen molar-refractivity contribution in [3.05, 3.63) is 53.1 Å². The number of fused-ring (bicyclic) bond motifs is 1. The lowest BCUT2D eigenvalue weighted by Crippen LogP contribution is -2.29. The molecule has 2 aromatic carbocycles. The quantitative estimate of drug-likeness (QED) is 0.768. The lowest BCUT2D eigenvalue weighted by molar-refractivity contribution is 0.0989. The van der Waals surface area contributed by atoms with Crippen LogP contribution in [0.5, 0.6) is 0 Å². The van der Waals surface area contributed by atoms with Crippen molar-refractivity contribution in [1.29, 1.82) is 0 Å². The summed E-state index contributed by atoms with van der Waals surface area (Å²) in [5.41, 5.74) is 2.71. The first-order chi connectivity index (χ1) is 13.4. The second-order valence-corrected chi connectivity index (χ2v) is 11.0. The summed E-state index contributed by atoms with van der Waals surface area (Å²) in [6.45, 7) is 2.10. The van der Waals surface area contributed by atoms with Gasteiger partial charge in [0, 0.05) is 31.9 Å². The summed E-state index contributed by atoms with van der Waals surface area (Å²) < 4.78 is 51.4. The molecule has 0 radical (unpaired) electrons. The average molecular weight is 438 g/mol. The van der Waals surface area contributed by atoms with Crippen LogP contribution in [0.2, 0.25) is 0 Å². The smallest absolute Gasteiger partial charge is 0.258 e. The third kappa shape index (κ3) is 4.14. The summed E-state index contributed by atoms with van der Waals surface area (Å²) in [7, 11) is -4.08. The molecule has 2 aromatic rings. The minimum absolute atomic E-state index is 0.186. The summed E-state index contributed by atoms with van der Waals surface area (Å²) in [4.78, 5) is 14.9. The first kappa shape index (κ1) is 21.3.